The summed E-state index contributed by atoms with van der Waals surface area (Å²) in [5.41, 5.74) is 3.64. The van der Waals surface area contributed by atoms with Crippen LogP contribution in [0.15, 0.2) is 12.1 Å². The Balaban J connectivity index is 2.89. The first-order valence-corrected chi connectivity index (χ1v) is 8.66. The van der Waals surface area contributed by atoms with E-state index in [0.29, 0.717) is 6.54 Å². The molecular formula is C19H26N2O6. The van der Waals surface area contributed by atoms with Crippen LogP contribution in [-0.2, 0) is 0 Å². The number of carbonyl (C=O) groups is 4. The molecule has 1 aromatic carbocycles. The molecule has 0 saturated heterocycles. The lowest BCUT2D eigenvalue weighted by atomic mass is 9.89. The molecule has 1 rings (SSSR count). The number of rotatable bonds is 9. The molecule has 0 aromatic heterocycles. The number of carboxylic acid groups (broad SMARTS) is 2. The quantitative estimate of drug-likeness (QED) is 0.485. The van der Waals surface area contributed by atoms with Gasteiger partial charge in [0.15, 0.2) is 0 Å². The van der Waals surface area contributed by atoms with E-state index in [0.717, 1.165) is 37.8 Å². The smallest absolute Gasteiger partial charge is 0.336 e. The number of hydrogen-bond donors (Lipinski definition) is 4. The molecule has 0 atom stereocenters. The third kappa shape index (κ3) is 6.73. The fraction of sp³-hybridized carbons (Fsp3) is 0.474. The van der Waals surface area contributed by atoms with Gasteiger partial charge in [-0.25, -0.2) is 9.59 Å². The lowest BCUT2D eigenvalue weighted by molar-refractivity contribution is 0.0688. The predicted octanol–water partition coefficient (Wildman–Crippen LogP) is 2.52. The molecule has 0 saturated carbocycles. The summed E-state index contributed by atoms with van der Waals surface area (Å²) < 4.78 is 0. The van der Waals surface area contributed by atoms with Crippen molar-refractivity contribution < 1.29 is 29.4 Å². The number of carbonyl (C=O) groups excluding carboxylic acids is 2. The first kappa shape index (κ1) is 22.1. The van der Waals surface area contributed by atoms with E-state index in [2.05, 4.69) is 26.1 Å². The minimum Gasteiger partial charge on any atom is -0.478 e. The molecule has 2 amide bonds. The van der Waals surface area contributed by atoms with E-state index in [-0.39, 0.29) is 11.0 Å². The van der Waals surface area contributed by atoms with Gasteiger partial charge in [0.1, 0.15) is 0 Å². The van der Waals surface area contributed by atoms with Crippen LogP contribution in [0.5, 0.6) is 0 Å². The van der Waals surface area contributed by atoms with Gasteiger partial charge in [-0.3, -0.25) is 9.59 Å². The lowest BCUT2D eigenvalue weighted by Gasteiger charge is -2.17. The van der Waals surface area contributed by atoms with E-state index < -0.39 is 40.4 Å². The van der Waals surface area contributed by atoms with E-state index in [1.165, 1.54) is 0 Å². The molecule has 0 radical (unpaired) electrons. The average Bonchev–Trinajstić information content (AvgIpc) is 2.55. The molecule has 8 nitrogen and oxygen atoms in total. The number of benzene rings is 1. The second-order valence-electron chi connectivity index (χ2n) is 7.55. The van der Waals surface area contributed by atoms with Gasteiger partial charge < -0.3 is 21.3 Å². The molecule has 0 fully saturated rings. The van der Waals surface area contributed by atoms with Crippen LogP contribution in [0.4, 0.5) is 0 Å². The van der Waals surface area contributed by atoms with Crippen molar-refractivity contribution in [2.75, 3.05) is 6.54 Å². The summed E-state index contributed by atoms with van der Waals surface area (Å²) >= 11 is 0. The highest BCUT2D eigenvalue weighted by molar-refractivity contribution is 6.11. The molecule has 27 heavy (non-hydrogen) atoms. The van der Waals surface area contributed by atoms with Gasteiger partial charge in [0.25, 0.3) is 5.91 Å². The van der Waals surface area contributed by atoms with Crippen LogP contribution in [0.1, 0.15) is 87.9 Å². The summed E-state index contributed by atoms with van der Waals surface area (Å²) in [6.07, 6.45) is 3.70. The van der Waals surface area contributed by atoms with Crippen molar-refractivity contribution in [2.24, 2.45) is 11.1 Å². The van der Waals surface area contributed by atoms with Gasteiger partial charge in [-0.15, -0.1) is 0 Å². The zero-order chi connectivity index (χ0) is 20.8. The van der Waals surface area contributed by atoms with Gasteiger partial charge in [-0.05, 0) is 30.4 Å². The van der Waals surface area contributed by atoms with Crippen molar-refractivity contribution in [1.82, 2.24) is 5.32 Å². The number of nitrogens with two attached hydrogens (primary N) is 1. The van der Waals surface area contributed by atoms with Crippen LogP contribution < -0.4 is 11.1 Å². The van der Waals surface area contributed by atoms with Crippen LogP contribution in [0.3, 0.4) is 0 Å². The van der Waals surface area contributed by atoms with Crippen LogP contribution in [-0.4, -0.2) is 40.5 Å². The molecule has 0 aliphatic carbocycles. The molecule has 8 heteroatoms. The van der Waals surface area contributed by atoms with Crippen molar-refractivity contribution >= 4 is 23.8 Å². The third-order valence-electron chi connectivity index (χ3n) is 4.02. The number of nitrogens with one attached hydrogen (secondary N) is 1. The molecule has 1 aromatic rings. The number of amides is 2. The summed E-state index contributed by atoms with van der Waals surface area (Å²) in [7, 11) is 0. The van der Waals surface area contributed by atoms with E-state index in [1.54, 1.807) is 0 Å². The van der Waals surface area contributed by atoms with E-state index in [4.69, 9.17) is 10.8 Å². The highest BCUT2D eigenvalue weighted by atomic mass is 16.4. The molecular weight excluding hydrogens is 352 g/mol. The third-order valence-corrected chi connectivity index (χ3v) is 4.02. The maximum atomic E-state index is 12.3. The fourth-order valence-corrected chi connectivity index (χ4v) is 2.60. The minimum atomic E-state index is -1.50. The maximum Gasteiger partial charge on any atom is 0.336 e. The van der Waals surface area contributed by atoms with Crippen molar-refractivity contribution in [1.29, 1.82) is 0 Å². The van der Waals surface area contributed by atoms with Crippen molar-refractivity contribution in [3.8, 4) is 0 Å². The van der Waals surface area contributed by atoms with Crippen LogP contribution in [0.2, 0.25) is 0 Å². The van der Waals surface area contributed by atoms with E-state index in [1.807, 2.05) is 0 Å². The Kier molecular flexibility index (Phi) is 7.51. The zero-order valence-corrected chi connectivity index (χ0v) is 15.8. The fourth-order valence-electron chi connectivity index (χ4n) is 2.60. The topological polar surface area (TPSA) is 147 Å². The molecule has 0 aliphatic rings. The highest BCUT2D eigenvalue weighted by Crippen LogP contribution is 2.22. The van der Waals surface area contributed by atoms with Gasteiger partial charge in [0.2, 0.25) is 5.91 Å². The van der Waals surface area contributed by atoms with Crippen molar-refractivity contribution in [3.05, 3.63) is 34.4 Å². The van der Waals surface area contributed by atoms with Gasteiger partial charge in [-0.1, -0.05) is 33.6 Å². The van der Waals surface area contributed by atoms with E-state index in [9.17, 15) is 24.3 Å². The molecule has 0 unspecified atom stereocenters. The van der Waals surface area contributed by atoms with Gasteiger partial charge in [-0.2, -0.15) is 0 Å². The Morgan fingerprint density at radius 2 is 1.41 bits per heavy atom. The van der Waals surface area contributed by atoms with Gasteiger partial charge in [0, 0.05) is 6.54 Å². The van der Waals surface area contributed by atoms with E-state index >= 15 is 0 Å². The SMILES string of the molecule is CC(C)(C)CCCCCNC(=O)c1cc(C(N)=O)c(C(=O)O)cc1C(=O)O. The number of aromatic carboxylic acids is 2. The Hall–Kier alpha value is -2.90. The first-order chi connectivity index (χ1) is 12.4. The summed E-state index contributed by atoms with van der Waals surface area (Å²) in [5.74, 6) is -4.72. The van der Waals surface area contributed by atoms with Crippen molar-refractivity contribution in [2.45, 2.75) is 46.5 Å². The number of unbranched alkanes of at least 4 members (excludes halogenated alkanes) is 2. The summed E-state index contributed by atoms with van der Waals surface area (Å²) in [6, 6.07) is 1.70. The summed E-state index contributed by atoms with van der Waals surface area (Å²) in [6.45, 7) is 6.80. The average molecular weight is 378 g/mol. The van der Waals surface area contributed by atoms with Gasteiger partial charge in [0.05, 0.1) is 22.3 Å². The largest absolute Gasteiger partial charge is 0.478 e. The normalized spacial score (nSPS) is 11.1. The Labute approximate surface area is 157 Å². The molecule has 148 valence electrons. The number of primary amides is 1. The second-order valence-corrected chi connectivity index (χ2v) is 7.55. The van der Waals surface area contributed by atoms with Crippen LogP contribution in [0, 0.1) is 5.41 Å². The number of carboxylic acids is 2. The van der Waals surface area contributed by atoms with Crippen LogP contribution >= 0.6 is 0 Å². The Bertz CT molecular complexity index is 749. The summed E-state index contributed by atoms with van der Waals surface area (Å²) in [4.78, 5) is 46.4. The molecule has 0 spiro atoms. The minimum absolute atomic E-state index is 0.247. The molecule has 5 N–H and O–H groups in total. The standard InChI is InChI=1S/C19H26N2O6/c1-19(2,3)7-5-4-6-8-21-16(23)12-9-11(15(20)22)13(17(24)25)10-14(12)18(26)27/h9-10H,4-8H2,1-3H3,(H2,20,22)(H,21,23)(H,24,25)(H,26,27). The molecule has 0 aliphatic heterocycles. The predicted molar refractivity (Wildman–Crippen MR) is 99.1 cm³/mol. The zero-order valence-electron chi connectivity index (χ0n) is 15.8. The van der Waals surface area contributed by atoms with Crippen LogP contribution in [0.25, 0.3) is 0 Å². The Morgan fingerprint density at radius 3 is 1.89 bits per heavy atom. The first-order valence-electron chi connectivity index (χ1n) is 8.66. The maximum absolute atomic E-state index is 12.3. The molecule has 0 heterocycles. The lowest BCUT2D eigenvalue weighted by Crippen LogP contribution is -2.28. The monoisotopic (exact) mass is 378 g/mol. The molecule has 0 bridgehead atoms. The number of hydrogen-bond acceptors (Lipinski definition) is 4. The van der Waals surface area contributed by atoms with Crippen molar-refractivity contribution in [3.63, 3.8) is 0 Å². The highest BCUT2D eigenvalue weighted by Gasteiger charge is 2.24. The summed E-state index contributed by atoms with van der Waals surface area (Å²) in [5, 5.41) is 21.0. The second kappa shape index (κ2) is 9.16. The van der Waals surface area contributed by atoms with Gasteiger partial charge >= 0.3 is 11.9 Å². The Morgan fingerprint density at radius 1 is 0.889 bits per heavy atom.